The first-order chi connectivity index (χ1) is 3.27. The van der Waals surface area contributed by atoms with E-state index in [1.54, 1.807) is 0 Å². The SMILES string of the molecule is CC1(CC[S])CC1. The minimum Gasteiger partial charge on any atom is -0.0941 e. The molecule has 0 atom stereocenters. The summed E-state index contributed by atoms with van der Waals surface area (Å²) in [7, 11) is 0. The van der Waals surface area contributed by atoms with Crippen LogP contribution in [-0.2, 0) is 0 Å². The van der Waals surface area contributed by atoms with Gasteiger partial charge in [0.05, 0.1) is 0 Å². The van der Waals surface area contributed by atoms with Crippen LogP contribution < -0.4 is 0 Å². The van der Waals surface area contributed by atoms with Crippen LogP contribution in [0.15, 0.2) is 0 Å². The third kappa shape index (κ3) is 1.37. The van der Waals surface area contributed by atoms with Crippen molar-refractivity contribution in [1.82, 2.24) is 0 Å². The summed E-state index contributed by atoms with van der Waals surface area (Å²) < 4.78 is 0. The molecule has 0 aromatic heterocycles. The predicted molar refractivity (Wildman–Crippen MR) is 34.4 cm³/mol. The Labute approximate surface area is 50.7 Å². The van der Waals surface area contributed by atoms with E-state index < -0.39 is 0 Å². The second kappa shape index (κ2) is 1.70. The molecule has 0 spiro atoms. The van der Waals surface area contributed by atoms with Crippen LogP contribution in [0.1, 0.15) is 26.2 Å². The van der Waals surface area contributed by atoms with Crippen LogP contribution in [0.5, 0.6) is 0 Å². The largest absolute Gasteiger partial charge is 0.0941 e. The molecule has 0 heterocycles. The van der Waals surface area contributed by atoms with Gasteiger partial charge in [0.25, 0.3) is 0 Å². The molecule has 0 unspecified atom stereocenters. The van der Waals surface area contributed by atoms with E-state index in [0.717, 1.165) is 5.75 Å². The lowest BCUT2D eigenvalue weighted by molar-refractivity contribution is 0.557. The van der Waals surface area contributed by atoms with Crippen molar-refractivity contribution in [1.29, 1.82) is 0 Å². The van der Waals surface area contributed by atoms with Crippen LogP contribution in [0.2, 0.25) is 0 Å². The molecule has 0 aliphatic heterocycles. The highest BCUT2D eigenvalue weighted by molar-refractivity contribution is 7.80. The van der Waals surface area contributed by atoms with E-state index in [1.165, 1.54) is 19.3 Å². The van der Waals surface area contributed by atoms with E-state index in [2.05, 4.69) is 6.92 Å². The molecular weight excluding hydrogens is 104 g/mol. The lowest BCUT2D eigenvalue weighted by Crippen LogP contribution is -1.91. The van der Waals surface area contributed by atoms with Crippen LogP contribution >= 0.6 is 12.6 Å². The fourth-order valence-electron chi connectivity index (χ4n) is 0.710. The maximum Gasteiger partial charge on any atom is 0.00421 e. The quantitative estimate of drug-likeness (QED) is 0.518. The van der Waals surface area contributed by atoms with Crippen molar-refractivity contribution >= 4 is 12.6 Å². The molecule has 41 valence electrons. The van der Waals surface area contributed by atoms with Crippen molar-refractivity contribution in [2.24, 2.45) is 5.41 Å². The molecule has 1 saturated carbocycles. The summed E-state index contributed by atoms with van der Waals surface area (Å²) in [5, 5.41) is 0. The molecule has 0 N–H and O–H groups in total. The average molecular weight is 115 g/mol. The molecule has 0 aromatic rings. The van der Waals surface area contributed by atoms with Crippen molar-refractivity contribution in [3.63, 3.8) is 0 Å². The highest BCUT2D eigenvalue weighted by Crippen LogP contribution is 2.47. The summed E-state index contributed by atoms with van der Waals surface area (Å²) in [6.07, 6.45) is 4.11. The van der Waals surface area contributed by atoms with Gasteiger partial charge in [0.15, 0.2) is 0 Å². The molecule has 0 saturated heterocycles. The Morgan fingerprint density at radius 3 is 2.29 bits per heavy atom. The molecule has 0 nitrogen and oxygen atoms in total. The first kappa shape index (κ1) is 5.49. The van der Waals surface area contributed by atoms with E-state index in [4.69, 9.17) is 12.6 Å². The van der Waals surface area contributed by atoms with Gasteiger partial charge in [-0.05, 0) is 24.7 Å². The molecule has 1 fully saturated rings. The standard InChI is InChI=1S/C6H11S/c1-6(2-3-6)4-5-7/h2-5H2,1H3. The maximum absolute atomic E-state index is 4.84. The van der Waals surface area contributed by atoms with Gasteiger partial charge < -0.3 is 0 Å². The Bertz CT molecular complexity index is 64.6. The summed E-state index contributed by atoms with van der Waals surface area (Å²) in [5.41, 5.74) is 0.696. The molecule has 1 heteroatoms. The molecule has 0 bridgehead atoms. The Kier molecular flexibility index (Phi) is 1.33. The maximum atomic E-state index is 4.84. The second-order valence-corrected chi connectivity index (χ2v) is 3.17. The van der Waals surface area contributed by atoms with Gasteiger partial charge >= 0.3 is 0 Å². The predicted octanol–water partition coefficient (Wildman–Crippen LogP) is 2.37. The van der Waals surface area contributed by atoms with Crippen molar-refractivity contribution in [2.45, 2.75) is 26.2 Å². The summed E-state index contributed by atoms with van der Waals surface area (Å²) in [6, 6.07) is 0. The van der Waals surface area contributed by atoms with E-state index >= 15 is 0 Å². The third-order valence-electron chi connectivity index (χ3n) is 1.81. The van der Waals surface area contributed by atoms with Gasteiger partial charge in [0.2, 0.25) is 0 Å². The van der Waals surface area contributed by atoms with E-state index in [9.17, 15) is 0 Å². The van der Waals surface area contributed by atoms with Gasteiger partial charge in [-0.2, -0.15) is 0 Å². The summed E-state index contributed by atoms with van der Waals surface area (Å²) in [4.78, 5) is 0. The average Bonchev–Trinajstić information content (AvgIpc) is 2.22. The number of hydrogen-bond donors (Lipinski definition) is 0. The van der Waals surface area contributed by atoms with Crippen molar-refractivity contribution < 1.29 is 0 Å². The van der Waals surface area contributed by atoms with E-state index in [-0.39, 0.29) is 0 Å². The van der Waals surface area contributed by atoms with E-state index in [1.807, 2.05) is 0 Å². The zero-order chi connectivity index (χ0) is 5.33. The molecule has 1 rings (SSSR count). The van der Waals surface area contributed by atoms with Crippen LogP contribution in [0.25, 0.3) is 0 Å². The fourth-order valence-corrected chi connectivity index (χ4v) is 1.20. The normalized spacial score (nSPS) is 24.9. The van der Waals surface area contributed by atoms with Crippen LogP contribution in [0.3, 0.4) is 0 Å². The summed E-state index contributed by atoms with van der Waals surface area (Å²) >= 11 is 4.84. The topological polar surface area (TPSA) is 0 Å². The van der Waals surface area contributed by atoms with Crippen LogP contribution in [-0.4, -0.2) is 5.75 Å². The lowest BCUT2D eigenvalue weighted by atomic mass is 10.1. The molecule has 0 amide bonds. The summed E-state index contributed by atoms with van der Waals surface area (Å²) in [6.45, 7) is 2.32. The Morgan fingerprint density at radius 2 is 2.14 bits per heavy atom. The lowest BCUT2D eigenvalue weighted by Gasteiger charge is -2.00. The first-order valence-electron chi connectivity index (χ1n) is 2.85. The van der Waals surface area contributed by atoms with E-state index in [0.29, 0.717) is 5.41 Å². The van der Waals surface area contributed by atoms with Gasteiger partial charge in [-0.1, -0.05) is 19.6 Å². The summed E-state index contributed by atoms with van der Waals surface area (Å²) in [5.74, 6) is 0.955. The molecule has 1 aliphatic carbocycles. The molecule has 1 aliphatic rings. The van der Waals surface area contributed by atoms with Crippen LogP contribution in [0, 0.1) is 5.41 Å². The van der Waals surface area contributed by atoms with Crippen molar-refractivity contribution in [3.05, 3.63) is 0 Å². The fraction of sp³-hybridized carbons (Fsp3) is 1.00. The zero-order valence-electron chi connectivity index (χ0n) is 4.74. The zero-order valence-corrected chi connectivity index (χ0v) is 5.55. The van der Waals surface area contributed by atoms with Gasteiger partial charge in [-0.25, -0.2) is 0 Å². The molecule has 0 aromatic carbocycles. The number of rotatable bonds is 2. The molecule has 1 radical (unpaired) electrons. The van der Waals surface area contributed by atoms with Gasteiger partial charge in [-0.15, -0.1) is 0 Å². The van der Waals surface area contributed by atoms with Gasteiger partial charge in [-0.3, -0.25) is 0 Å². The minimum atomic E-state index is 0.696. The second-order valence-electron chi connectivity index (χ2n) is 2.76. The van der Waals surface area contributed by atoms with Gasteiger partial charge in [0.1, 0.15) is 0 Å². The smallest absolute Gasteiger partial charge is 0.00421 e. The Hall–Kier alpha value is 0.350. The highest BCUT2D eigenvalue weighted by atomic mass is 32.1. The number of hydrogen-bond acceptors (Lipinski definition) is 0. The van der Waals surface area contributed by atoms with Crippen molar-refractivity contribution in [3.8, 4) is 0 Å². The van der Waals surface area contributed by atoms with Crippen molar-refractivity contribution in [2.75, 3.05) is 5.75 Å². The van der Waals surface area contributed by atoms with Crippen LogP contribution in [0.4, 0.5) is 0 Å². The molecule has 7 heavy (non-hydrogen) atoms. The highest BCUT2D eigenvalue weighted by Gasteiger charge is 2.35. The minimum absolute atomic E-state index is 0.696. The first-order valence-corrected chi connectivity index (χ1v) is 3.43. The monoisotopic (exact) mass is 115 g/mol. The third-order valence-corrected chi connectivity index (χ3v) is 2.01. The Morgan fingerprint density at radius 1 is 1.57 bits per heavy atom. The molecular formula is C6H11S. The Balaban J connectivity index is 2.13. The van der Waals surface area contributed by atoms with Gasteiger partial charge in [0, 0.05) is 5.75 Å².